The van der Waals surface area contributed by atoms with Crippen molar-refractivity contribution in [2.24, 2.45) is 0 Å². The highest BCUT2D eigenvalue weighted by molar-refractivity contribution is 5.84. The van der Waals surface area contributed by atoms with Crippen molar-refractivity contribution in [3.8, 4) is 33.6 Å². The summed E-state index contributed by atoms with van der Waals surface area (Å²) >= 11 is 0. The Morgan fingerprint density at radius 1 is 0.759 bits per heavy atom. The number of imidazole rings is 2. The summed E-state index contributed by atoms with van der Waals surface area (Å²) in [6.07, 6.45) is 9.06. The topological polar surface area (TPSA) is 110 Å². The number of carbonyl (C=O) groups is 2. The molecule has 10 heteroatoms. The third-order valence-electron chi connectivity index (χ3n) is 10.3. The minimum atomic E-state index is -0.375. The largest absolute Gasteiger partial charge is 0.445 e. The normalized spacial score (nSPS) is 17.3. The summed E-state index contributed by atoms with van der Waals surface area (Å²) in [4.78, 5) is 48.8. The van der Waals surface area contributed by atoms with Crippen LogP contribution in [0.5, 0.6) is 0 Å². The molecule has 2 aliphatic rings. The zero-order valence-corrected chi connectivity index (χ0v) is 30.4. The van der Waals surface area contributed by atoms with Gasteiger partial charge in [0, 0.05) is 13.1 Å². The van der Waals surface area contributed by atoms with E-state index >= 15 is 0 Å². The predicted molar refractivity (Wildman–Crippen MR) is 209 cm³/mol. The van der Waals surface area contributed by atoms with E-state index in [4.69, 9.17) is 9.72 Å². The van der Waals surface area contributed by atoms with Gasteiger partial charge in [-0.3, -0.25) is 14.6 Å². The number of aromatic amines is 2. The third-order valence-corrected chi connectivity index (χ3v) is 10.3. The van der Waals surface area contributed by atoms with Gasteiger partial charge in [-0.1, -0.05) is 121 Å². The number of H-pyrrole nitrogens is 2. The van der Waals surface area contributed by atoms with Crippen LogP contribution >= 0.6 is 0 Å². The molecule has 10 nitrogen and oxygen atoms in total. The molecular weight excluding hydrogens is 675 g/mol. The van der Waals surface area contributed by atoms with Gasteiger partial charge in [-0.05, 0) is 60.3 Å². The minimum absolute atomic E-state index is 0.0869. The molecule has 2 amide bonds. The average Bonchev–Trinajstić information content (AvgIpc) is 4.05. The molecule has 4 heterocycles. The van der Waals surface area contributed by atoms with Crippen molar-refractivity contribution < 1.29 is 14.3 Å². The smallest absolute Gasteiger partial charge is 0.411 e. The van der Waals surface area contributed by atoms with Crippen molar-refractivity contribution in [1.29, 1.82) is 0 Å². The number of hydrogen-bond donors (Lipinski definition) is 2. The van der Waals surface area contributed by atoms with Crippen LogP contribution in [0.3, 0.4) is 0 Å². The van der Waals surface area contributed by atoms with Gasteiger partial charge in [0.25, 0.3) is 0 Å². The number of nitrogens with zero attached hydrogens (tertiary/aromatic N) is 5. The molecular formula is C44H43N7O3. The second-order valence-electron chi connectivity index (χ2n) is 14.1. The maximum atomic E-state index is 13.9. The SMILES string of the molecule is CN(C)C(C(=O)N1CCCC1c1ncc(-c2ccc(-c3ccc(-c4cnc(C5C=CCN5C(=O)OCc5ccccc5)[nH]4)cc3)cc2)[nH]1)c1ccccc1. The summed E-state index contributed by atoms with van der Waals surface area (Å²) in [6.45, 7) is 1.41. The quantitative estimate of drug-likeness (QED) is 0.138. The first-order chi connectivity index (χ1) is 26.4. The predicted octanol–water partition coefficient (Wildman–Crippen LogP) is 8.35. The Kier molecular flexibility index (Phi) is 9.91. The number of carbonyl (C=O) groups excluding carboxylic acids is 2. The molecule has 2 aliphatic heterocycles. The van der Waals surface area contributed by atoms with E-state index in [1.807, 2.05) is 109 Å². The highest BCUT2D eigenvalue weighted by Crippen LogP contribution is 2.36. The maximum Gasteiger partial charge on any atom is 0.411 e. The molecule has 6 aromatic rings. The fourth-order valence-electron chi connectivity index (χ4n) is 7.49. The van der Waals surface area contributed by atoms with E-state index in [0.29, 0.717) is 18.9 Å². The zero-order chi connectivity index (χ0) is 37.0. The van der Waals surface area contributed by atoms with E-state index in [-0.39, 0.29) is 36.7 Å². The highest BCUT2D eigenvalue weighted by atomic mass is 16.6. The van der Waals surface area contributed by atoms with E-state index in [9.17, 15) is 9.59 Å². The lowest BCUT2D eigenvalue weighted by Crippen LogP contribution is -2.40. The minimum Gasteiger partial charge on any atom is -0.445 e. The molecule has 1 fully saturated rings. The molecule has 8 rings (SSSR count). The molecule has 2 N–H and O–H groups in total. The van der Waals surface area contributed by atoms with Crippen molar-refractivity contribution >= 4 is 12.0 Å². The first-order valence-corrected chi connectivity index (χ1v) is 18.4. The van der Waals surface area contributed by atoms with E-state index in [0.717, 1.165) is 63.4 Å². The molecule has 0 radical (unpaired) electrons. The first kappa shape index (κ1) is 34.8. The summed E-state index contributed by atoms with van der Waals surface area (Å²) in [5, 5.41) is 0. The van der Waals surface area contributed by atoms with Crippen LogP contribution < -0.4 is 0 Å². The molecule has 1 saturated heterocycles. The van der Waals surface area contributed by atoms with E-state index in [2.05, 4.69) is 63.5 Å². The molecule has 4 aromatic carbocycles. The van der Waals surface area contributed by atoms with Gasteiger partial charge in [-0.25, -0.2) is 14.8 Å². The van der Waals surface area contributed by atoms with Crippen molar-refractivity contribution in [1.82, 2.24) is 34.6 Å². The van der Waals surface area contributed by atoms with E-state index in [1.54, 1.807) is 4.90 Å². The number of rotatable bonds is 10. The Hall–Kier alpha value is -6.26. The van der Waals surface area contributed by atoms with Crippen LogP contribution in [-0.2, 0) is 16.1 Å². The number of ether oxygens (including phenoxy) is 1. The van der Waals surface area contributed by atoms with Crippen LogP contribution in [0.25, 0.3) is 33.6 Å². The fraction of sp³-hybridized carbons (Fsp3) is 0.227. The molecule has 272 valence electrons. The summed E-state index contributed by atoms with van der Waals surface area (Å²) in [5.74, 6) is 1.61. The van der Waals surface area contributed by atoms with E-state index in [1.165, 1.54) is 0 Å². The summed E-state index contributed by atoms with van der Waals surface area (Å²) in [7, 11) is 3.91. The lowest BCUT2D eigenvalue weighted by molar-refractivity contribution is -0.137. The second kappa shape index (κ2) is 15.4. The van der Waals surface area contributed by atoms with Crippen LogP contribution in [0.4, 0.5) is 4.79 Å². The van der Waals surface area contributed by atoms with Gasteiger partial charge >= 0.3 is 6.09 Å². The van der Waals surface area contributed by atoms with E-state index < -0.39 is 0 Å². The summed E-state index contributed by atoms with van der Waals surface area (Å²) < 4.78 is 5.59. The molecule has 54 heavy (non-hydrogen) atoms. The number of aromatic nitrogens is 4. The van der Waals surface area contributed by atoms with Crippen LogP contribution in [0, 0.1) is 0 Å². The van der Waals surface area contributed by atoms with Crippen molar-refractivity contribution in [3.05, 3.63) is 157 Å². The summed E-state index contributed by atoms with van der Waals surface area (Å²) in [6, 6.07) is 35.7. The molecule has 2 aromatic heterocycles. The molecule has 0 aliphatic carbocycles. The van der Waals surface area contributed by atoms with Crippen molar-refractivity contribution in [2.75, 3.05) is 27.2 Å². The Morgan fingerprint density at radius 2 is 1.33 bits per heavy atom. The number of amides is 2. The monoisotopic (exact) mass is 717 g/mol. The molecule has 0 spiro atoms. The van der Waals surface area contributed by atoms with Gasteiger partial charge in [-0.2, -0.15) is 0 Å². The number of hydrogen-bond acceptors (Lipinski definition) is 6. The average molecular weight is 718 g/mol. The Morgan fingerprint density at radius 3 is 1.96 bits per heavy atom. The molecule has 3 atom stereocenters. The zero-order valence-electron chi connectivity index (χ0n) is 30.4. The number of benzene rings is 4. The van der Waals surface area contributed by atoms with Crippen LogP contribution in [0.1, 0.15) is 53.7 Å². The maximum absolute atomic E-state index is 13.9. The van der Waals surface area contributed by atoms with Gasteiger partial charge in [0.2, 0.25) is 5.91 Å². The number of likely N-dealkylation sites (N-methyl/N-ethyl adjacent to an activating group) is 1. The number of likely N-dealkylation sites (tertiary alicyclic amines) is 1. The van der Waals surface area contributed by atoms with Gasteiger partial charge in [0.05, 0.1) is 29.8 Å². The Labute approximate surface area is 315 Å². The van der Waals surface area contributed by atoms with Gasteiger partial charge in [0.1, 0.15) is 30.3 Å². The fourth-order valence-corrected chi connectivity index (χ4v) is 7.49. The molecule has 0 bridgehead atoms. The number of nitrogens with one attached hydrogen (secondary N) is 2. The molecule has 3 unspecified atom stereocenters. The second-order valence-corrected chi connectivity index (χ2v) is 14.1. The summed E-state index contributed by atoms with van der Waals surface area (Å²) in [5.41, 5.74) is 7.96. The third kappa shape index (κ3) is 7.20. The lowest BCUT2D eigenvalue weighted by atomic mass is 10.0. The van der Waals surface area contributed by atoms with Crippen LogP contribution in [-0.4, -0.2) is 73.8 Å². The lowest BCUT2D eigenvalue weighted by Gasteiger charge is -2.31. The van der Waals surface area contributed by atoms with Crippen LogP contribution in [0.15, 0.2) is 134 Å². The Balaban J connectivity index is 0.910. The van der Waals surface area contributed by atoms with Gasteiger partial charge in [-0.15, -0.1) is 0 Å². The van der Waals surface area contributed by atoms with Gasteiger partial charge in [0.15, 0.2) is 0 Å². The van der Waals surface area contributed by atoms with Gasteiger partial charge < -0.3 is 19.6 Å². The Bertz CT molecular complexity index is 2230. The van der Waals surface area contributed by atoms with Crippen molar-refractivity contribution in [2.45, 2.75) is 37.6 Å². The first-order valence-electron chi connectivity index (χ1n) is 18.4. The molecule has 0 saturated carbocycles. The van der Waals surface area contributed by atoms with Crippen molar-refractivity contribution in [3.63, 3.8) is 0 Å². The van der Waals surface area contributed by atoms with Crippen LogP contribution in [0.2, 0.25) is 0 Å². The highest BCUT2D eigenvalue weighted by Gasteiger charge is 2.37. The standard InChI is InChI=1S/C44H43N7O3/c1-49(2)40(35-13-7-4-8-14-35)43(52)50-25-9-15-38(50)41-45-27-36(47-41)33-21-17-31(18-22-33)32-19-23-34(24-20-32)37-28-46-42(48-37)39-16-10-26-51(39)44(53)54-29-30-11-5-3-6-12-30/h3-8,10-14,16-24,27-28,38-40H,9,15,25-26,29H2,1-2H3,(H,45,47)(H,46,48).